The predicted molar refractivity (Wildman–Crippen MR) is 91.9 cm³/mol. The number of carbonyl (C=O) groups is 1. The van der Waals surface area contributed by atoms with E-state index in [9.17, 15) is 9.90 Å². The molecule has 0 aliphatic heterocycles. The number of phenols is 1. The van der Waals surface area contributed by atoms with Crippen LogP contribution in [0.5, 0.6) is 11.5 Å². The maximum Gasteiger partial charge on any atom is 0.221 e. The van der Waals surface area contributed by atoms with Crippen LogP contribution in [0.1, 0.15) is 16.1 Å². The highest BCUT2D eigenvalue weighted by atomic mass is 79.9. The van der Waals surface area contributed by atoms with Gasteiger partial charge in [-0.25, -0.2) is 0 Å². The van der Waals surface area contributed by atoms with Gasteiger partial charge in [-0.2, -0.15) is 0 Å². The Balaban J connectivity index is 1.88. The van der Waals surface area contributed by atoms with Crippen LogP contribution in [0.2, 0.25) is 0 Å². The Morgan fingerprint density at radius 3 is 2.78 bits per heavy atom. The molecule has 3 rings (SSSR count). The highest BCUT2D eigenvalue weighted by Gasteiger charge is 2.10. The molecule has 0 bridgehead atoms. The van der Waals surface area contributed by atoms with Crippen molar-refractivity contribution in [2.75, 3.05) is 7.11 Å². The summed E-state index contributed by atoms with van der Waals surface area (Å²) in [5, 5.41) is 10.6. The van der Waals surface area contributed by atoms with E-state index >= 15 is 0 Å². The van der Waals surface area contributed by atoms with Gasteiger partial charge in [0.25, 0.3) is 0 Å². The minimum atomic E-state index is -0.236. The van der Waals surface area contributed by atoms with Crippen LogP contribution in [-0.4, -0.2) is 18.0 Å². The summed E-state index contributed by atoms with van der Waals surface area (Å²) < 4.78 is 11.3. The summed E-state index contributed by atoms with van der Waals surface area (Å²) in [4.78, 5) is 12.2. The molecule has 0 saturated heterocycles. The van der Waals surface area contributed by atoms with Gasteiger partial charge >= 0.3 is 0 Å². The Hall–Kier alpha value is -2.53. The summed E-state index contributed by atoms with van der Waals surface area (Å²) in [5.74, 6) is 0.411. The first-order valence-electron chi connectivity index (χ1n) is 6.86. The molecule has 0 fully saturated rings. The average molecular weight is 373 g/mol. The number of rotatable bonds is 4. The summed E-state index contributed by atoms with van der Waals surface area (Å²) in [6.45, 7) is 0. The maximum absolute atomic E-state index is 12.2. The zero-order valence-electron chi connectivity index (χ0n) is 12.2. The lowest BCUT2D eigenvalue weighted by Gasteiger charge is -2.06. The van der Waals surface area contributed by atoms with E-state index in [1.807, 2.05) is 24.3 Å². The molecule has 116 valence electrons. The first-order chi connectivity index (χ1) is 11.1. The normalized spacial score (nSPS) is 11.2. The van der Waals surface area contributed by atoms with E-state index in [0.717, 1.165) is 5.39 Å². The van der Waals surface area contributed by atoms with Crippen molar-refractivity contribution >= 4 is 38.8 Å². The van der Waals surface area contributed by atoms with Crippen LogP contribution >= 0.6 is 15.9 Å². The number of halogens is 1. The highest BCUT2D eigenvalue weighted by molar-refractivity contribution is 9.10. The van der Waals surface area contributed by atoms with Crippen LogP contribution in [0.3, 0.4) is 0 Å². The Labute approximate surface area is 141 Å². The van der Waals surface area contributed by atoms with Gasteiger partial charge in [0.1, 0.15) is 5.58 Å². The van der Waals surface area contributed by atoms with Crippen molar-refractivity contribution in [1.82, 2.24) is 0 Å². The van der Waals surface area contributed by atoms with Gasteiger partial charge in [-0.1, -0.05) is 34.1 Å². The van der Waals surface area contributed by atoms with Gasteiger partial charge in [0, 0.05) is 9.86 Å². The minimum absolute atomic E-state index is 0.0279. The van der Waals surface area contributed by atoms with Gasteiger partial charge in [-0.3, -0.25) is 4.79 Å². The van der Waals surface area contributed by atoms with Crippen LogP contribution in [-0.2, 0) is 0 Å². The summed E-state index contributed by atoms with van der Waals surface area (Å²) in [6, 6.07) is 12.3. The second-order valence-corrected chi connectivity index (χ2v) is 5.75. The van der Waals surface area contributed by atoms with E-state index in [4.69, 9.17) is 9.15 Å². The number of phenolic OH excluding ortho intramolecular Hbond substituents is 1. The van der Waals surface area contributed by atoms with Crippen LogP contribution in [0, 0.1) is 0 Å². The zero-order chi connectivity index (χ0) is 16.4. The number of methoxy groups -OCH3 is 1. The largest absolute Gasteiger partial charge is 0.504 e. The molecule has 0 atom stereocenters. The molecule has 3 aromatic rings. The summed E-state index contributed by atoms with van der Waals surface area (Å²) in [7, 11) is 1.47. The Kier molecular flexibility index (Phi) is 4.21. The SMILES string of the molecule is COc1cc(/C=C/C(=O)c2cc3ccccc3o2)c(Br)cc1O. The summed E-state index contributed by atoms with van der Waals surface area (Å²) in [5.41, 5.74) is 1.39. The number of benzene rings is 2. The number of fused-ring (bicyclic) bond motifs is 1. The number of ether oxygens (including phenoxy) is 1. The fourth-order valence-corrected chi connectivity index (χ4v) is 2.66. The first-order valence-corrected chi connectivity index (χ1v) is 7.65. The predicted octanol–water partition coefficient (Wildman–Crippen LogP) is 4.81. The Morgan fingerprint density at radius 2 is 2.04 bits per heavy atom. The quantitative estimate of drug-likeness (QED) is 0.527. The summed E-state index contributed by atoms with van der Waals surface area (Å²) >= 11 is 3.34. The van der Waals surface area contributed by atoms with Crippen LogP contribution in [0.4, 0.5) is 0 Å². The minimum Gasteiger partial charge on any atom is -0.504 e. The van der Waals surface area contributed by atoms with Gasteiger partial charge in [-0.15, -0.1) is 0 Å². The molecular weight excluding hydrogens is 360 g/mol. The maximum atomic E-state index is 12.2. The second-order valence-electron chi connectivity index (χ2n) is 4.89. The molecule has 0 amide bonds. The van der Waals surface area contributed by atoms with E-state index < -0.39 is 0 Å². The standard InChI is InChI=1S/C18H13BrO4/c1-22-17-8-11(13(19)10-15(17)21)6-7-14(20)18-9-12-4-2-3-5-16(12)23-18/h2-10,21H,1H3/b7-6+. The third-order valence-corrected chi connectivity index (χ3v) is 4.07. The Morgan fingerprint density at radius 1 is 1.26 bits per heavy atom. The van der Waals surface area contributed by atoms with Crippen molar-refractivity contribution in [3.63, 3.8) is 0 Å². The monoisotopic (exact) mass is 372 g/mol. The first kappa shape index (κ1) is 15.4. The molecule has 0 unspecified atom stereocenters. The van der Waals surface area contributed by atoms with Crippen molar-refractivity contribution in [1.29, 1.82) is 0 Å². The smallest absolute Gasteiger partial charge is 0.221 e. The number of para-hydroxylation sites is 1. The van der Waals surface area contributed by atoms with Crippen molar-refractivity contribution in [3.8, 4) is 11.5 Å². The van der Waals surface area contributed by atoms with Crippen molar-refractivity contribution in [2.24, 2.45) is 0 Å². The number of carbonyl (C=O) groups excluding carboxylic acids is 1. The van der Waals surface area contributed by atoms with Gasteiger partial charge < -0.3 is 14.3 Å². The number of ketones is 1. The number of furan rings is 1. The molecule has 0 aliphatic rings. The van der Waals surface area contributed by atoms with E-state index in [1.54, 1.807) is 18.2 Å². The van der Waals surface area contributed by atoms with Crippen LogP contribution < -0.4 is 4.74 Å². The Bertz CT molecular complexity index is 876. The molecule has 0 radical (unpaired) electrons. The molecule has 5 heteroatoms. The summed E-state index contributed by atoms with van der Waals surface area (Å²) in [6.07, 6.45) is 3.07. The second kappa shape index (κ2) is 6.30. The van der Waals surface area contributed by atoms with Gasteiger partial charge in [-0.05, 0) is 42.0 Å². The fourth-order valence-electron chi connectivity index (χ4n) is 2.20. The van der Waals surface area contributed by atoms with Crippen molar-refractivity contribution in [2.45, 2.75) is 0 Å². The molecule has 4 nitrogen and oxygen atoms in total. The average Bonchev–Trinajstić information content (AvgIpc) is 2.98. The molecule has 1 N–H and O–H groups in total. The lowest BCUT2D eigenvalue weighted by molar-refractivity contribution is 0.102. The fraction of sp³-hybridized carbons (Fsp3) is 0.0556. The van der Waals surface area contributed by atoms with Crippen molar-refractivity contribution < 1.29 is 19.1 Å². The molecule has 0 saturated carbocycles. The highest BCUT2D eigenvalue weighted by Crippen LogP contribution is 2.33. The molecule has 0 spiro atoms. The number of hydrogen-bond acceptors (Lipinski definition) is 4. The third-order valence-electron chi connectivity index (χ3n) is 3.38. The molecule has 2 aromatic carbocycles. The lowest BCUT2D eigenvalue weighted by Crippen LogP contribution is -1.91. The number of aromatic hydroxyl groups is 1. The van der Waals surface area contributed by atoms with E-state index in [0.29, 0.717) is 21.4 Å². The molecule has 1 aromatic heterocycles. The van der Waals surface area contributed by atoms with E-state index in [1.165, 1.54) is 19.3 Å². The molecular formula is C18H13BrO4. The van der Waals surface area contributed by atoms with E-state index in [-0.39, 0.29) is 17.3 Å². The van der Waals surface area contributed by atoms with Gasteiger partial charge in [0.15, 0.2) is 17.3 Å². The van der Waals surface area contributed by atoms with Gasteiger partial charge in [0.05, 0.1) is 7.11 Å². The van der Waals surface area contributed by atoms with Crippen molar-refractivity contribution in [3.05, 3.63) is 64.3 Å². The van der Waals surface area contributed by atoms with Crippen LogP contribution in [0.15, 0.2) is 57.4 Å². The van der Waals surface area contributed by atoms with E-state index in [2.05, 4.69) is 15.9 Å². The third kappa shape index (κ3) is 3.14. The van der Waals surface area contributed by atoms with Gasteiger partial charge in [0.2, 0.25) is 5.78 Å². The molecule has 23 heavy (non-hydrogen) atoms. The van der Waals surface area contributed by atoms with Crippen LogP contribution in [0.25, 0.3) is 17.0 Å². The number of hydrogen-bond donors (Lipinski definition) is 1. The molecule has 0 aliphatic carbocycles. The number of allylic oxidation sites excluding steroid dienone is 1. The zero-order valence-corrected chi connectivity index (χ0v) is 13.8. The molecule has 1 heterocycles. The topological polar surface area (TPSA) is 59.7 Å². The lowest BCUT2D eigenvalue weighted by atomic mass is 10.1.